The summed E-state index contributed by atoms with van der Waals surface area (Å²) in [5, 5.41) is 21.6. The number of rotatable bonds is 7. The number of carbonyl (C=O) groups is 1. The Morgan fingerprint density at radius 1 is 1.12 bits per heavy atom. The Morgan fingerprint density at radius 2 is 1.88 bits per heavy atom. The lowest BCUT2D eigenvalue weighted by Gasteiger charge is -2.07. The SMILES string of the molecule is Cc1ccc(-c2nnc(SCc3nc(-c4cccc(C(F)(F)F)c4)no3)n2CC(=O)O)cc1. The minimum Gasteiger partial charge on any atom is -0.480 e. The fourth-order valence-corrected chi connectivity index (χ4v) is 3.76. The fraction of sp³-hybridized carbons (Fsp3) is 0.190. The van der Waals surface area contributed by atoms with Crippen molar-refractivity contribution in [2.75, 3.05) is 0 Å². The smallest absolute Gasteiger partial charge is 0.416 e. The molecule has 2 aromatic heterocycles. The molecule has 0 bridgehead atoms. The number of hydrogen-bond donors (Lipinski definition) is 1. The fourth-order valence-electron chi connectivity index (χ4n) is 2.98. The minimum atomic E-state index is -4.48. The molecule has 0 aliphatic rings. The van der Waals surface area contributed by atoms with Crippen LogP contribution in [0.1, 0.15) is 17.0 Å². The Kier molecular flexibility index (Phi) is 6.18. The molecule has 0 aliphatic heterocycles. The van der Waals surface area contributed by atoms with Crippen molar-refractivity contribution in [2.45, 2.75) is 30.6 Å². The van der Waals surface area contributed by atoms with Gasteiger partial charge in [0.15, 0.2) is 11.0 Å². The van der Waals surface area contributed by atoms with Crippen LogP contribution in [0.4, 0.5) is 13.2 Å². The van der Waals surface area contributed by atoms with E-state index in [1.54, 1.807) is 0 Å². The second-order valence-corrected chi connectivity index (χ2v) is 7.97. The van der Waals surface area contributed by atoms with Crippen molar-refractivity contribution < 1.29 is 27.6 Å². The lowest BCUT2D eigenvalue weighted by Crippen LogP contribution is -2.11. The molecule has 12 heteroatoms. The van der Waals surface area contributed by atoms with E-state index >= 15 is 0 Å². The molecule has 2 heterocycles. The van der Waals surface area contributed by atoms with Crippen molar-refractivity contribution in [3.05, 3.63) is 65.5 Å². The molecule has 8 nitrogen and oxygen atoms in total. The Labute approximate surface area is 189 Å². The van der Waals surface area contributed by atoms with Crippen LogP contribution >= 0.6 is 11.8 Å². The molecule has 0 saturated heterocycles. The summed E-state index contributed by atoms with van der Waals surface area (Å²) in [7, 11) is 0. The van der Waals surface area contributed by atoms with Crippen molar-refractivity contribution in [1.82, 2.24) is 24.9 Å². The summed E-state index contributed by atoms with van der Waals surface area (Å²) < 4.78 is 45.5. The highest BCUT2D eigenvalue weighted by atomic mass is 32.2. The normalized spacial score (nSPS) is 11.6. The molecule has 33 heavy (non-hydrogen) atoms. The number of carboxylic acids is 1. The van der Waals surface area contributed by atoms with Crippen LogP contribution < -0.4 is 0 Å². The third-order valence-electron chi connectivity index (χ3n) is 4.56. The third kappa shape index (κ3) is 5.22. The number of benzene rings is 2. The maximum Gasteiger partial charge on any atom is 0.416 e. The van der Waals surface area contributed by atoms with E-state index in [0.29, 0.717) is 16.5 Å². The molecule has 0 radical (unpaired) electrons. The van der Waals surface area contributed by atoms with Gasteiger partial charge >= 0.3 is 12.1 Å². The van der Waals surface area contributed by atoms with Crippen LogP contribution in [-0.2, 0) is 23.3 Å². The molecule has 4 aromatic rings. The Hall–Kier alpha value is -3.67. The van der Waals surface area contributed by atoms with E-state index in [1.165, 1.54) is 16.7 Å². The Bertz CT molecular complexity index is 1290. The molecule has 0 amide bonds. The van der Waals surface area contributed by atoms with Crippen LogP contribution in [0.5, 0.6) is 0 Å². The van der Waals surface area contributed by atoms with Gasteiger partial charge in [-0.2, -0.15) is 18.2 Å². The zero-order chi connectivity index (χ0) is 23.6. The summed E-state index contributed by atoms with van der Waals surface area (Å²) in [6, 6.07) is 12.0. The summed E-state index contributed by atoms with van der Waals surface area (Å²) in [6.45, 7) is 1.59. The second kappa shape index (κ2) is 9.06. The van der Waals surface area contributed by atoms with Gasteiger partial charge in [-0.15, -0.1) is 10.2 Å². The van der Waals surface area contributed by atoms with Gasteiger partial charge in [-0.05, 0) is 19.1 Å². The van der Waals surface area contributed by atoms with Gasteiger partial charge in [-0.1, -0.05) is 58.9 Å². The highest BCUT2D eigenvalue weighted by molar-refractivity contribution is 7.98. The van der Waals surface area contributed by atoms with E-state index in [9.17, 15) is 23.1 Å². The van der Waals surface area contributed by atoms with Crippen molar-refractivity contribution >= 4 is 17.7 Å². The quantitative estimate of drug-likeness (QED) is 0.384. The Morgan fingerprint density at radius 3 is 2.58 bits per heavy atom. The molecular weight excluding hydrogens is 459 g/mol. The van der Waals surface area contributed by atoms with E-state index < -0.39 is 17.7 Å². The highest BCUT2D eigenvalue weighted by Crippen LogP contribution is 2.32. The number of aromatic nitrogens is 5. The molecule has 170 valence electrons. The first-order valence-electron chi connectivity index (χ1n) is 9.56. The number of aliphatic carboxylic acids is 1. The van der Waals surface area contributed by atoms with Crippen molar-refractivity contribution in [3.63, 3.8) is 0 Å². The van der Waals surface area contributed by atoms with E-state index in [2.05, 4.69) is 20.3 Å². The predicted octanol–water partition coefficient (Wildman–Crippen LogP) is 4.70. The summed E-state index contributed by atoms with van der Waals surface area (Å²) in [5.74, 6) is -0.375. The van der Waals surface area contributed by atoms with Crippen LogP contribution in [0.15, 0.2) is 58.2 Å². The Balaban J connectivity index is 1.54. The number of hydrogen-bond acceptors (Lipinski definition) is 7. The second-order valence-electron chi connectivity index (χ2n) is 7.03. The summed E-state index contributed by atoms with van der Waals surface area (Å²) in [6.07, 6.45) is -4.48. The predicted molar refractivity (Wildman–Crippen MR) is 112 cm³/mol. The first kappa shape index (κ1) is 22.5. The number of halogens is 3. The standard InChI is InChI=1S/C21H16F3N5O3S/c1-12-5-7-13(8-6-12)19-26-27-20(29(19)10-17(30)31)33-11-16-25-18(28-32-16)14-3-2-4-15(9-14)21(22,23)24/h2-9H,10-11H2,1H3,(H,30,31). The maximum absolute atomic E-state index is 12.9. The number of aryl methyl sites for hydroxylation is 1. The molecule has 0 saturated carbocycles. The van der Waals surface area contributed by atoms with E-state index in [1.807, 2.05) is 31.2 Å². The van der Waals surface area contributed by atoms with E-state index in [0.717, 1.165) is 29.5 Å². The minimum absolute atomic E-state index is 0.0176. The zero-order valence-corrected chi connectivity index (χ0v) is 17.9. The van der Waals surface area contributed by atoms with Gasteiger partial charge in [0, 0.05) is 11.1 Å². The number of nitrogens with zero attached hydrogens (tertiary/aromatic N) is 5. The third-order valence-corrected chi connectivity index (χ3v) is 5.51. The van der Waals surface area contributed by atoms with Crippen LogP contribution in [0.3, 0.4) is 0 Å². The average Bonchev–Trinajstić information content (AvgIpc) is 3.39. The molecule has 0 spiro atoms. The van der Waals surface area contributed by atoms with Gasteiger partial charge in [0.1, 0.15) is 6.54 Å². The van der Waals surface area contributed by atoms with Gasteiger partial charge in [-0.25, -0.2) is 0 Å². The molecule has 2 aromatic carbocycles. The molecular formula is C21H16F3N5O3S. The van der Waals surface area contributed by atoms with Crippen LogP contribution in [0, 0.1) is 6.92 Å². The van der Waals surface area contributed by atoms with Crippen molar-refractivity contribution in [3.8, 4) is 22.8 Å². The maximum atomic E-state index is 12.9. The van der Waals surface area contributed by atoms with E-state index in [-0.39, 0.29) is 29.6 Å². The lowest BCUT2D eigenvalue weighted by atomic mass is 10.1. The van der Waals surface area contributed by atoms with Gasteiger partial charge in [0.2, 0.25) is 11.7 Å². The molecule has 0 fully saturated rings. The largest absolute Gasteiger partial charge is 0.480 e. The van der Waals surface area contributed by atoms with Crippen molar-refractivity contribution in [2.24, 2.45) is 0 Å². The molecule has 4 rings (SSSR count). The lowest BCUT2D eigenvalue weighted by molar-refractivity contribution is -0.138. The van der Waals surface area contributed by atoms with Gasteiger partial charge < -0.3 is 9.63 Å². The van der Waals surface area contributed by atoms with E-state index in [4.69, 9.17) is 4.52 Å². The number of alkyl halides is 3. The topological polar surface area (TPSA) is 107 Å². The zero-order valence-electron chi connectivity index (χ0n) is 17.1. The van der Waals surface area contributed by atoms with Crippen molar-refractivity contribution in [1.29, 1.82) is 0 Å². The van der Waals surface area contributed by atoms with Crippen LogP contribution in [0.25, 0.3) is 22.8 Å². The molecule has 0 atom stereocenters. The van der Waals surface area contributed by atoms with Crippen LogP contribution in [-0.4, -0.2) is 36.0 Å². The molecule has 0 unspecified atom stereocenters. The van der Waals surface area contributed by atoms with Gasteiger partial charge in [0.25, 0.3) is 0 Å². The van der Waals surface area contributed by atoms with Crippen LogP contribution in [0.2, 0.25) is 0 Å². The number of carboxylic acid groups (broad SMARTS) is 1. The first-order chi connectivity index (χ1) is 15.7. The summed E-state index contributed by atoms with van der Waals surface area (Å²) >= 11 is 1.13. The number of thioether (sulfide) groups is 1. The molecule has 1 N–H and O–H groups in total. The molecule has 0 aliphatic carbocycles. The monoisotopic (exact) mass is 475 g/mol. The van der Waals surface area contributed by atoms with Gasteiger partial charge in [-0.3, -0.25) is 9.36 Å². The van der Waals surface area contributed by atoms with Gasteiger partial charge in [0.05, 0.1) is 11.3 Å². The summed E-state index contributed by atoms with van der Waals surface area (Å²) in [4.78, 5) is 15.5. The average molecular weight is 475 g/mol. The first-order valence-corrected chi connectivity index (χ1v) is 10.5. The highest BCUT2D eigenvalue weighted by Gasteiger charge is 2.30. The summed E-state index contributed by atoms with van der Waals surface area (Å²) in [5.41, 5.74) is 1.11.